The van der Waals surface area contributed by atoms with Crippen molar-refractivity contribution in [3.63, 3.8) is 0 Å². The van der Waals surface area contributed by atoms with Crippen LogP contribution in [0.5, 0.6) is 5.88 Å². The highest BCUT2D eigenvalue weighted by atomic mass is 16.5. The monoisotopic (exact) mass is 326 g/mol. The molecular formula is C16H18N6O2. The molecule has 3 aromatic heterocycles. The molecule has 3 heterocycles. The summed E-state index contributed by atoms with van der Waals surface area (Å²) in [7, 11) is 1.55. The molecule has 0 spiro atoms. The van der Waals surface area contributed by atoms with E-state index in [9.17, 15) is 4.79 Å². The van der Waals surface area contributed by atoms with E-state index in [4.69, 9.17) is 4.74 Å². The van der Waals surface area contributed by atoms with Gasteiger partial charge in [0.1, 0.15) is 6.33 Å². The minimum absolute atomic E-state index is 0.0814. The number of aryl methyl sites for hydroxylation is 2. The topological polar surface area (TPSA) is 94.3 Å². The molecule has 1 amide bonds. The summed E-state index contributed by atoms with van der Waals surface area (Å²) in [5.74, 6) is 0.425. The van der Waals surface area contributed by atoms with Gasteiger partial charge in [-0.05, 0) is 31.9 Å². The molecule has 0 atom stereocenters. The van der Waals surface area contributed by atoms with E-state index < -0.39 is 0 Å². The standard InChI is InChI=1S/C16H18N6O2/c1-10-13(11(2)21-22-9-18-20-16(10)22)5-6-14(23)19-12-4-7-15(24-3)17-8-12/h4,7-9H,5-6H2,1-3H3,(H,19,23). The molecule has 0 unspecified atom stereocenters. The van der Waals surface area contributed by atoms with Gasteiger partial charge in [0.25, 0.3) is 0 Å². The third kappa shape index (κ3) is 3.17. The molecule has 8 heteroatoms. The summed E-state index contributed by atoms with van der Waals surface area (Å²) in [6, 6.07) is 3.46. The number of amides is 1. The number of carbonyl (C=O) groups is 1. The molecule has 0 bridgehead atoms. The Morgan fingerprint density at radius 3 is 2.88 bits per heavy atom. The number of carbonyl (C=O) groups excluding carboxylic acids is 1. The van der Waals surface area contributed by atoms with Gasteiger partial charge in [-0.3, -0.25) is 4.79 Å². The molecule has 0 radical (unpaired) electrons. The number of ether oxygens (including phenoxy) is 1. The van der Waals surface area contributed by atoms with Gasteiger partial charge in [-0.15, -0.1) is 10.2 Å². The average Bonchev–Trinajstić information content (AvgIpc) is 3.04. The number of anilines is 1. The van der Waals surface area contributed by atoms with Gasteiger partial charge in [0.05, 0.1) is 24.7 Å². The minimum Gasteiger partial charge on any atom is -0.481 e. The molecule has 1 N–H and O–H groups in total. The number of methoxy groups -OCH3 is 1. The summed E-state index contributed by atoms with van der Waals surface area (Å²) in [4.78, 5) is 16.2. The van der Waals surface area contributed by atoms with Crippen molar-refractivity contribution in [2.45, 2.75) is 26.7 Å². The van der Waals surface area contributed by atoms with Crippen LogP contribution < -0.4 is 10.1 Å². The molecule has 24 heavy (non-hydrogen) atoms. The van der Waals surface area contributed by atoms with E-state index in [2.05, 4.69) is 25.6 Å². The third-order valence-electron chi connectivity index (χ3n) is 3.84. The van der Waals surface area contributed by atoms with Crippen molar-refractivity contribution in [2.24, 2.45) is 0 Å². The van der Waals surface area contributed by atoms with Crippen LogP contribution in [0.4, 0.5) is 5.69 Å². The first-order valence-electron chi connectivity index (χ1n) is 7.54. The highest BCUT2D eigenvalue weighted by Gasteiger charge is 2.13. The fraction of sp³-hybridized carbons (Fsp3) is 0.312. The number of rotatable bonds is 5. The zero-order valence-corrected chi connectivity index (χ0v) is 13.8. The molecule has 0 aliphatic carbocycles. The highest BCUT2D eigenvalue weighted by molar-refractivity contribution is 5.90. The molecule has 3 aromatic rings. The zero-order chi connectivity index (χ0) is 17.1. The lowest BCUT2D eigenvalue weighted by molar-refractivity contribution is -0.116. The molecule has 124 valence electrons. The van der Waals surface area contributed by atoms with Crippen LogP contribution in [0.25, 0.3) is 5.65 Å². The quantitative estimate of drug-likeness (QED) is 0.767. The lowest BCUT2D eigenvalue weighted by Crippen LogP contribution is -2.14. The Balaban J connectivity index is 1.67. The van der Waals surface area contributed by atoms with Gasteiger partial charge >= 0.3 is 0 Å². The van der Waals surface area contributed by atoms with Crippen molar-refractivity contribution in [1.82, 2.24) is 24.8 Å². The molecule has 3 rings (SSSR count). The lowest BCUT2D eigenvalue weighted by Gasteiger charge is -2.10. The SMILES string of the molecule is COc1ccc(NC(=O)CCc2c(C)nn3cnnc3c2C)cn1. The van der Waals surface area contributed by atoms with Crippen LogP contribution in [0.15, 0.2) is 24.7 Å². The van der Waals surface area contributed by atoms with Crippen molar-refractivity contribution < 1.29 is 9.53 Å². The smallest absolute Gasteiger partial charge is 0.224 e. The van der Waals surface area contributed by atoms with Crippen LogP contribution in [0.1, 0.15) is 23.2 Å². The molecule has 0 aliphatic rings. The van der Waals surface area contributed by atoms with Crippen LogP contribution in [0, 0.1) is 13.8 Å². The Morgan fingerprint density at radius 2 is 2.17 bits per heavy atom. The Labute approximate surface area is 138 Å². The van der Waals surface area contributed by atoms with Crippen molar-refractivity contribution in [2.75, 3.05) is 12.4 Å². The van der Waals surface area contributed by atoms with Gasteiger partial charge in [-0.1, -0.05) is 0 Å². The number of nitrogens with zero attached hydrogens (tertiary/aromatic N) is 5. The molecule has 0 aliphatic heterocycles. The Bertz CT molecular complexity index is 872. The van der Waals surface area contributed by atoms with Gasteiger partial charge in [0, 0.05) is 18.1 Å². The maximum Gasteiger partial charge on any atom is 0.224 e. The van der Waals surface area contributed by atoms with Gasteiger partial charge in [0.2, 0.25) is 11.8 Å². The second-order valence-corrected chi connectivity index (χ2v) is 5.43. The summed E-state index contributed by atoms with van der Waals surface area (Å²) < 4.78 is 6.64. The molecule has 0 aromatic carbocycles. The molecule has 0 fully saturated rings. The summed E-state index contributed by atoms with van der Waals surface area (Å²) in [6.07, 6.45) is 4.07. The highest BCUT2D eigenvalue weighted by Crippen LogP contribution is 2.18. The Kier molecular flexibility index (Phi) is 4.37. The largest absolute Gasteiger partial charge is 0.481 e. The lowest BCUT2D eigenvalue weighted by atomic mass is 10.0. The predicted molar refractivity (Wildman–Crippen MR) is 88.0 cm³/mol. The fourth-order valence-electron chi connectivity index (χ4n) is 2.58. The molecular weight excluding hydrogens is 308 g/mol. The number of fused-ring (bicyclic) bond motifs is 1. The third-order valence-corrected chi connectivity index (χ3v) is 3.84. The van der Waals surface area contributed by atoms with Crippen LogP contribution in [-0.2, 0) is 11.2 Å². The molecule has 0 saturated heterocycles. The second kappa shape index (κ2) is 6.61. The van der Waals surface area contributed by atoms with E-state index in [1.165, 1.54) is 0 Å². The van der Waals surface area contributed by atoms with E-state index in [1.807, 2.05) is 13.8 Å². The Hall–Kier alpha value is -3.03. The average molecular weight is 326 g/mol. The maximum atomic E-state index is 12.2. The molecule has 0 saturated carbocycles. The van der Waals surface area contributed by atoms with Crippen molar-refractivity contribution >= 4 is 17.2 Å². The number of aromatic nitrogens is 5. The first-order valence-corrected chi connectivity index (χ1v) is 7.54. The number of pyridine rings is 1. The van der Waals surface area contributed by atoms with Gasteiger partial charge in [-0.2, -0.15) is 5.10 Å². The summed E-state index contributed by atoms with van der Waals surface area (Å²) >= 11 is 0. The van der Waals surface area contributed by atoms with Crippen LogP contribution >= 0.6 is 0 Å². The van der Waals surface area contributed by atoms with E-state index in [-0.39, 0.29) is 5.91 Å². The number of hydrogen-bond donors (Lipinski definition) is 1. The van der Waals surface area contributed by atoms with Crippen molar-refractivity contribution in [1.29, 1.82) is 0 Å². The second-order valence-electron chi connectivity index (χ2n) is 5.43. The van der Waals surface area contributed by atoms with Crippen LogP contribution in [0.2, 0.25) is 0 Å². The van der Waals surface area contributed by atoms with Crippen LogP contribution in [-0.4, -0.2) is 37.8 Å². The van der Waals surface area contributed by atoms with E-state index in [0.717, 1.165) is 22.5 Å². The molecule has 8 nitrogen and oxygen atoms in total. The summed E-state index contributed by atoms with van der Waals surface area (Å²) in [5, 5.41) is 15.2. The number of nitrogens with one attached hydrogen (secondary N) is 1. The number of hydrogen-bond acceptors (Lipinski definition) is 6. The Morgan fingerprint density at radius 1 is 1.33 bits per heavy atom. The van der Waals surface area contributed by atoms with Gasteiger partial charge < -0.3 is 10.1 Å². The first-order chi connectivity index (χ1) is 11.6. The normalized spacial score (nSPS) is 10.8. The zero-order valence-electron chi connectivity index (χ0n) is 13.8. The van der Waals surface area contributed by atoms with E-state index in [1.54, 1.807) is 36.3 Å². The van der Waals surface area contributed by atoms with E-state index in [0.29, 0.717) is 24.4 Å². The van der Waals surface area contributed by atoms with Crippen LogP contribution in [0.3, 0.4) is 0 Å². The predicted octanol–water partition coefficient (Wildman–Crippen LogP) is 1.72. The van der Waals surface area contributed by atoms with Crippen molar-refractivity contribution in [3.8, 4) is 5.88 Å². The fourth-order valence-corrected chi connectivity index (χ4v) is 2.58. The summed E-state index contributed by atoms with van der Waals surface area (Å²) in [5.41, 5.74) is 4.26. The van der Waals surface area contributed by atoms with E-state index >= 15 is 0 Å². The first kappa shape index (κ1) is 15.9. The van der Waals surface area contributed by atoms with Gasteiger partial charge in [-0.25, -0.2) is 9.50 Å². The summed E-state index contributed by atoms with van der Waals surface area (Å²) in [6.45, 7) is 3.90. The van der Waals surface area contributed by atoms with Crippen molar-refractivity contribution in [3.05, 3.63) is 41.5 Å². The van der Waals surface area contributed by atoms with Gasteiger partial charge in [0.15, 0.2) is 5.65 Å². The maximum absolute atomic E-state index is 12.2. The minimum atomic E-state index is -0.0814.